The number of ether oxygens (including phenoxy) is 1. The molecule has 0 atom stereocenters. The lowest BCUT2D eigenvalue weighted by molar-refractivity contribution is -0.137. The number of rotatable bonds is 5. The number of esters is 1. The number of nitrogens with one attached hydrogen (secondary N) is 1. The van der Waals surface area contributed by atoms with E-state index < -0.39 is 11.9 Å². The summed E-state index contributed by atoms with van der Waals surface area (Å²) in [4.78, 5) is 27.1. The number of thiazole rings is 1. The van der Waals surface area contributed by atoms with E-state index in [1.54, 1.807) is 6.92 Å². The first-order valence-corrected chi connectivity index (χ1v) is 7.65. The average molecular weight is 316 g/mol. The van der Waals surface area contributed by atoms with Crippen LogP contribution in [0.5, 0.6) is 0 Å². The van der Waals surface area contributed by atoms with Gasteiger partial charge in [0.15, 0.2) is 5.13 Å². The molecule has 0 unspecified atom stereocenters. The van der Waals surface area contributed by atoms with E-state index in [9.17, 15) is 9.59 Å². The normalized spacial score (nSPS) is 10.6. The molecule has 1 heterocycles. The molecule has 0 aliphatic heterocycles. The highest BCUT2D eigenvalue weighted by Crippen LogP contribution is 2.25. The van der Waals surface area contributed by atoms with Crippen molar-refractivity contribution in [2.24, 2.45) is 0 Å². The quantitative estimate of drug-likeness (QED) is 0.679. The second kappa shape index (κ2) is 7.51. The Morgan fingerprint density at radius 1 is 1.27 bits per heavy atom. The van der Waals surface area contributed by atoms with Crippen LogP contribution in [-0.4, -0.2) is 23.5 Å². The lowest BCUT2D eigenvalue weighted by Gasteiger charge is -1.98. The molecule has 0 aliphatic rings. The molecular weight excluding hydrogens is 300 g/mol. The Labute approximate surface area is 132 Å². The van der Waals surface area contributed by atoms with Gasteiger partial charge in [-0.15, -0.1) is 11.3 Å². The third-order valence-electron chi connectivity index (χ3n) is 2.74. The maximum absolute atomic E-state index is 11.7. The molecule has 114 valence electrons. The van der Waals surface area contributed by atoms with Crippen LogP contribution >= 0.6 is 11.3 Å². The Hall–Kier alpha value is -2.47. The van der Waals surface area contributed by atoms with Crippen molar-refractivity contribution >= 4 is 28.3 Å². The van der Waals surface area contributed by atoms with Gasteiger partial charge in [0.2, 0.25) is 5.91 Å². The highest BCUT2D eigenvalue weighted by molar-refractivity contribution is 7.14. The fraction of sp³-hybridized carbons (Fsp3) is 0.188. The summed E-state index contributed by atoms with van der Waals surface area (Å²) in [6, 6.07) is 7.98. The molecule has 0 fully saturated rings. The van der Waals surface area contributed by atoms with Gasteiger partial charge in [-0.3, -0.25) is 10.1 Å². The highest BCUT2D eigenvalue weighted by Gasteiger charge is 2.06. The third-order valence-corrected chi connectivity index (χ3v) is 3.50. The maximum Gasteiger partial charge on any atom is 0.330 e. The lowest BCUT2D eigenvalue weighted by Crippen LogP contribution is -2.09. The molecule has 1 aromatic heterocycles. The van der Waals surface area contributed by atoms with Crippen LogP contribution in [0.2, 0.25) is 0 Å². The third kappa shape index (κ3) is 4.53. The van der Waals surface area contributed by atoms with Crippen LogP contribution in [0.3, 0.4) is 0 Å². The Balaban J connectivity index is 1.98. The van der Waals surface area contributed by atoms with Crippen molar-refractivity contribution in [3.63, 3.8) is 0 Å². The van der Waals surface area contributed by atoms with E-state index in [0.717, 1.165) is 23.4 Å². The predicted octanol–water partition coefficient (Wildman–Crippen LogP) is 3.18. The number of anilines is 1. The molecule has 1 N–H and O–H groups in total. The van der Waals surface area contributed by atoms with Crippen molar-refractivity contribution in [3.05, 3.63) is 47.4 Å². The van der Waals surface area contributed by atoms with Crippen LogP contribution in [0, 0.1) is 6.92 Å². The SMILES string of the molecule is CCOC(=O)C=CC(=O)Nc1nc(-c2ccc(C)cc2)cs1. The molecule has 5 nitrogen and oxygen atoms in total. The topological polar surface area (TPSA) is 68.3 Å². The van der Waals surface area contributed by atoms with E-state index in [1.165, 1.54) is 16.9 Å². The molecule has 1 amide bonds. The minimum Gasteiger partial charge on any atom is -0.463 e. The van der Waals surface area contributed by atoms with Gasteiger partial charge in [-0.2, -0.15) is 0 Å². The molecule has 0 aliphatic carbocycles. The molecule has 6 heteroatoms. The molecule has 2 aromatic rings. The fourth-order valence-electron chi connectivity index (χ4n) is 1.67. The smallest absolute Gasteiger partial charge is 0.330 e. The first-order chi connectivity index (χ1) is 10.6. The Kier molecular flexibility index (Phi) is 5.43. The number of aromatic nitrogens is 1. The summed E-state index contributed by atoms with van der Waals surface area (Å²) < 4.78 is 4.70. The van der Waals surface area contributed by atoms with Crippen LogP contribution in [0.25, 0.3) is 11.3 Å². The Morgan fingerprint density at radius 3 is 2.68 bits per heavy atom. The molecule has 22 heavy (non-hydrogen) atoms. The van der Waals surface area contributed by atoms with E-state index in [-0.39, 0.29) is 6.61 Å². The number of carbonyl (C=O) groups excluding carboxylic acids is 2. The lowest BCUT2D eigenvalue weighted by atomic mass is 10.1. The zero-order valence-electron chi connectivity index (χ0n) is 12.3. The zero-order valence-corrected chi connectivity index (χ0v) is 13.1. The van der Waals surface area contributed by atoms with Crippen molar-refractivity contribution in [3.8, 4) is 11.3 Å². The van der Waals surface area contributed by atoms with Crippen molar-refractivity contribution < 1.29 is 14.3 Å². The Morgan fingerprint density at radius 2 is 2.00 bits per heavy atom. The molecule has 0 spiro atoms. The van der Waals surface area contributed by atoms with Gasteiger partial charge in [-0.25, -0.2) is 9.78 Å². The number of benzene rings is 1. The number of carbonyl (C=O) groups is 2. The van der Waals surface area contributed by atoms with E-state index in [0.29, 0.717) is 5.13 Å². The average Bonchev–Trinajstić information content (AvgIpc) is 2.95. The first kappa shape index (κ1) is 15.9. The number of amides is 1. The molecule has 0 saturated heterocycles. The molecule has 0 radical (unpaired) electrons. The molecule has 2 rings (SSSR count). The standard InChI is InChI=1S/C16H16N2O3S/c1-3-21-15(20)9-8-14(19)18-16-17-13(10-22-16)12-6-4-11(2)5-7-12/h4-10H,3H2,1-2H3,(H,17,18,19). The van der Waals surface area contributed by atoms with E-state index >= 15 is 0 Å². The molecule has 0 bridgehead atoms. The fourth-order valence-corrected chi connectivity index (χ4v) is 2.39. The van der Waals surface area contributed by atoms with E-state index in [4.69, 9.17) is 4.74 Å². The summed E-state index contributed by atoms with van der Waals surface area (Å²) in [7, 11) is 0. The van der Waals surface area contributed by atoms with Crippen molar-refractivity contribution in [2.75, 3.05) is 11.9 Å². The zero-order chi connectivity index (χ0) is 15.9. The van der Waals surface area contributed by atoms with Crippen molar-refractivity contribution in [2.45, 2.75) is 13.8 Å². The van der Waals surface area contributed by atoms with Gasteiger partial charge in [0.05, 0.1) is 12.3 Å². The number of nitrogens with zero attached hydrogens (tertiary/aromatic N) is 1. The summed E-state index contributed by atoms with van der Waals surface area (Å²) in [5.74, 6) is -0.963. The van der Waals surface area contributed by atoms with Gasteiger partial charge in [-0.05, 0) is 13.8 Å². The minimum atomic E-state index is -0.544. The van der Waals surface area contributed by atoms with Crippen LogP contribution in [0.4, 0.5) is 5.13 Å². The maximum atomic E-state index is 11.7. The minimum absolute atomic E-state index is 0.275. The van der Waals surface area contributed by atoms with E-state index in [1.807, 2.05) is 36.6 Å². The summed E-state index contributed by atoms with van der Waals surface area (Å²) in [6.45, 7) is 4.00. The summed E-state index contributed by atoms with van der Waals surface area (Å²) in [6.07, 6.45) is 2.22. The van der Waals surface area contributed by atoms with Crippen LogP contribution in [0.15, 0.2) is 41.8 Å². The van der Waals surface area contributed by atoms with Crippen LogP contribution < -0.4 is 5.32 Å². The summed E-state index contributed by atoms with van der Waals surface area (Å²) in [5, 5.41) is 4.97. The van der Waals surface area contributed by atoms with Gasteiger partial charge in [0.25, 0.3) is 0 Å². The first-order valence-electron chi connectivity index (χ1n) is 6.77. The number of aryl methyl sites for hydroxylation is 1. The molecule has 1 aromatic carbocycles. The second-order valence-corrected chi connectivity index (χ2v) is 5.34. The summed E-state index contributed by atoms with van der Waals surface area (Å²) >= 11 is 1.33. The predicted molar refractivity (Wildman–Crippen MR) is 86.7 cm³/mol. The molecule has 0 saturated carbocycles. The Bertz CT molecular complexity index is 690. The van der Waals surface area contributed by atoms with Crippen molar-refractivity contribution in [1.82, 2.24) is 4.98 Å². The van der Waals surface area contributed by atoms with Gasteiger partial charge in [-0.1, -0.05) is 29.8 Å². The van der Waals surface area contributed by atoms with Crippen LogP contribution in [0.1, 0.15) is 12.5 Å². The van der Waals surface area contributed by atoms with Crippen molar-refractivity contribution in [1.29, 1.82) is 0 Å². The van der Waals surface area contributed by atoms with Gasteiger partial charge < -0.3 is 4.74 Å². The summed E-state index contributed by atoms with van der Waals surface area (Å²) in [5.41, 5.74) is 2.97. The second-order valence-electron chi connectivity index (χ2n) is 4.48. The van der Waals surface area contributed by atoms with Crippen LogP contribution in [-0.2, 0) is 14.3 Å². The van der Waals surface area contributed by atoms with Gasteiger partial charge in [0.1, 0.15) is 0 Å². The van der Waals surface area contributed by atoms with Gasteiger partial charge >= 0.3 is 5.97 Å². The monoisotopic (exact) mass is 316 g/mol. The van der Waals surface area contributed by atoms with E-state index in [2.05, 4.69) is 10.3 Å². The number of hydrogen-bond acceptors (Lipinski definition) is 5. The largest absolute Gasteiger partial charge is 0.463 e. The molecular formula is C16H16N2O3S. The van der Waals surface area contributed by atoms with Gasteiger partial charge in [0, 0.05) is 23.1 Å². The highest BCUT2D eigenvalue weighted by atomic mass is 32.1. The number of hydrogen-bond donors (Lipinski definition) is 1.